The normalized spacial score (nSPS) is 20.1. The Balaban J connectivity index is 1.70. The van der Waals surface area contributed by atoms with Crippen LogP contribution in [-0.2, 0) is 18.9 Å². The lowest BCUT2D eigenvalue weighted by Crippen LogP contribution is -2.44. The number of esters is 1. The number of ether oxygens (including phenoxy) is 4. The first kappa shape index (κ1) is 33.4. The summed E-state index contributed by atoms with van der Waals surface area (Å²) in [6.45, 7) is 8.72. The number of amides is 2. The Morgan fingerprint density at radius 2 is 1.67 bits per heavy atom. The molecular weight excluding hydrogens is 623 g/mol. The van der Waals surface area contributed by atoms with Crippen LogP contribution in [0.15, 0.2) is 30.6 Å². The van der Waals surface area contributed by atoms with Crippen LogP contribution >= 0.6 is 11.6 Å². The monoisotopic (exact) mass is 652 g/mol. The van der Waals surface area contributed by atoms with Gasteiger partial charge in [-0.25, -0.2) is 23.8 Å². The van der Waals surface area contributed by atoms with E-state index in [1.54, 1.807) is 41.5 Å². The zero-order valence-electron chi connectivity index (χ0n) is 25.0. The number of aliphatic hydroxyl groups excluding tert-OH is 1. The van der Waals surface area contributed by atoms with Crippen molar-refractivity contribution in [2.45, 2.75) is 77.4 Å². The van der Waals surface area contributed by atoms with Gasteiger partial charge in [-0.3, -0.25) is 14.7 Å². The minimum atomic E-state index is -2.11. The molecule has 0 radical (unpaired) electrons. The molecule has 16 nitrogen and oxygen atoms in total. The van der Waals surface area contributed by atoms with E-state index in [0.29, 0.717) is 4.90 Å². The minimum absolute atomic E-state index is 0.102. The van der Waals surface area contributed by atoms with Crippen molar-refractivity contribution in [3.05, 3.63) is 51.6 Å². The number of rotatable bonds is 6. The van der Waals surface area contributed by atoms with Crippen LogP contribution in [0.25, 0.3) is 11.2 Å². The third-order valence-electron chi connectivity index (χ3n) is 6.02. The van der Waals surface area contributed by atoms with E-state index in [0.717, 1.165) is 35.2 Å². The Labute approximate surface area is 260 Å². The summed E-state index contributed by atoms with van der Waals surface area (Å²) in [6.07, 6.45) is -7.92. The fraction of sp³-hybridized carbons (Fsp3) is 0.481. The Bertz CT molecular complexity index is 1590. The number of carbonyl (C=O) groups is 3. The number of halogens is 2. The molecule has 3 heterocycles. The van der Waals surface area contributed by atoms with Gasteiger partial charge in [0, 0.05) is 12.1 Å². The summed E-state index contributed by atoms with van der Waals surface area (Å²) >= 11 is 6.19. The number of nitrogens with zero attached hydrogens (tertiary/aromatic N) is 6. The van der Waals surface area contributed by atoms with E-state index in [4.69, 9.17) is 30.5 Å². The summed E-state index contributed by atoms with van der Waals surface area (Å²) < 4.78 is 38.8. The van der Waals surface area contributed by atoms with Crippen LogP contribution < -0.4 is 4.90 Å². The van der Waals surface area contributed by atoms with Gasteiger partial charge in [-0.15, -0.1) is 0 Å². The number of aliphatic hydroxyl groups is 1. The molecule has 1 aromatic carbocycles. The third kappa shape index (κ3) is 7.43. The van der Waals surface area contributed by atoms with Crippen LogP contribution in [0, 0.1) is 10.1 Å². The van der Waals surface area contributed by atoms with Crippen molar-refractivity contribution in [3.8, 4) is 0 Å². The highest BCUT2D eigenvalue weighted by Gasteiger charge is 2.49. The first-order valence-electron chi connectivity index (χ1n) is 13.4. The van der Waals surface area contributed by atoms with Gasteiger partial charge >= 0.3 is 18.2 Å². The van der Waals surface area contributed by atoms with Crippen molar-refractivity contribution >= 4 is 52.4 Å². The number of carbonyl (C=O) groups excluding carboxylic acids is 3. The number of imidazole rings is 1. The van der Waals surface area contributed by atoms with Gasteiger partial charge in [0.05, 0.1) is 23.4 Å². The SMILES string of the molecule is CC(C)(C)OC(=O)N(C(=O)OC(C)(C)C)c1nc(Cl)nc2c1ncn2[C@@H]1O[C@H](CO)[C@H](OC(=O)c2ccc([N+](=O)[O-])cc2)[C@@H]1F. The van der Waals surface area contributed by atoms with Gasteiger partial charge in [0.15, 0.2) is 35.5 Å². The van der Waals surface area contributed by atoms with E-state index in [1.807, 2.05) is 0 Å². The lowest BCUT2D eigenvalue weighted by molar-refractivity contribution is -0.384. The standard InChI is InChI=1S/C27H30ClFN6O10/c1-26(2,3)44-24(38)34(25(39)45-27(4,5)6)20-17-19(31-23(28)32-20)33(12-30-17)21-16(29)18(15(11-36)42-21)43-22(37)13-7-9-14(10-8-13)35(40)41/h7-10,12,15-16,18,21,36H,11H2,1-6H3/t15-,16+,18+,21-/m1/s1. The first-order valence-corrected chi connectivity index (χ1v) is 13.8. The third-order valence-corrected chi connectivity index (χ3v) is 6.19. The lowest BCUT2D eigenvalue weighted by atomic mass is 10.1. The number of anilines is 1. The number of aromatic nitrogens is 4. The van der Waals surface area contributed by atoms with Crippen LogP contribution in [-0.4, -0.2) is 83.9 Å². The fourth-order valence-corrected chi connectivity index (χ4v) is 4.36. The fourth-order valence-electron chi connectivity index (χ4n) is 4.20. The van der Waals surface area contributed by atoms with Crippen molar-refractivity contribution in [2.75, 3.05) is 11.5 Å². The number of benzene rings is 1. The van der Waals surface area contributed by atoms with Gasteiger partial charge < -0.3 is 24.1 Å². The zero-order valence-corrected chi connectivity index (χ0v) is 25.7. The van der Waals surface area contributed by atoms with Crippen molar-refractivity contribution in [3.63, 3.8) is 0 Å². The quantitative estimate of drug-likeness (QED) is 0.128. The molecule has 45 heavy (non-hydrogen) atoms. The summed E-state index contributed by atoms with van der Waals surface area (Å²) in [5.74, 6) is -1.45. The van der Waals surface area contributed by atoms with Gasteiger partial charge in [0.2, 0.25) is 5.28 Å². The molecule has 1 aliphatic heterocycles. The number of non-ortho nitro benzene ring substituents is 1. The van der Waals surface area contributed by atoms with Gasteiger partial charge in [0.25, 0.3) is 5.69 Å². The molecule has 18 heteroatoms. The largest absolute Gasteiger partial charge is 0.453 e. The first-order chi connectivity index (χ1) is 20.9. The Kier molecular flexibility index (Phi) is 9.27. The van der Waals surface area contributed by atoms with Crippen LogP contribution in [0.2, 0.25) is 5.28 Å². The minimum Gasteiger partial charge on any atom is -0.453 e. The Morgan fingerprint density at radius 1 is 1.09 bits per heavy atom. The average Bonchev–Trinajstić information content (AvgIpc) is 3.47. The smallest absolute Gasteiger partial charge is 0.425 e. The number of nitro benzene ring substituents is 1. The highest BCUT2D eigenvalue weighted by atomic mass is 35.5. The highest BCUT2D eigenvalue weighted by molar-refractivity contribution is 6.29. The predicted molar refractivity (Wildman–Crippen MR) is 153 cm³/mol. The average molecular weight is 653 g/mol. The zero-order chi connectivity index (χ0) is 33.4. The molecule has 0 unspecified atom stereocenters. The van der Waals surface area contributed by atoms with E-state index in [-0.39, 0.29) is 22.4 Å². The molecule has 3 aromatic rings. The molecule has 0 saturated carbocycles. The molecule has 0 spiro atoms. The van der Waals surface area contributed by atoms with E-state index < -0.39 is 76.6 Å². The van der Waals surface area contributed by atoms with Crippen molar-refractivity contribution < 1.29 is 47.8 Å². The van der Waals surface area contributed by atoms with Crippen LogP contribution in [0.4, 0.5) is 25.5 Å². The highest BCUT2D eigenvalue weighted by Crippen LogP contribution is 2.37. The van der Waals surface area contributed by atoms with Crippen LogP contribution in [0.3, 0.4) is 0 Å². The molecule has 1 N–H and O–H groups in total. The molecule has 242 valence electrons. The summed E-state index contributed by atoms with van der Waals surface area (Å²) in [5.41, 5.74) is -2.82. The number of nitro groups is 1. The number of alkyl halides is 1. The molecule has 2 aromatic heterocycles. The molecule has 1 saturated heterocycles. The van der Waals surface area contributed by atoms with E-state index in [1.165, 1.54) is 0 Å². The molecule has 0 bridgehead atoms. The van der Waals surface area contributed by atoms with Gasteiger partial charge in [-0.1, -0.05) is 0 Å². The van der Waals surface area contributed by atoms with Crippen molar-refractivity contribution in [2.24, 2.45) is 0 Å². The Hall–Kier alpha value is -4.48. The summed E-state index contributed by atoms with van der Waals surface area (Å²) in [6, 6.07) is 4.44. The molecule has 1 fully saturated rings. The molecular formula is C27H30ClFN6O10. The van der Waals surface area contributed by atoms with Crippen molar-refractivity contribution in [1.29, 1.82) is 0 Å². The van der Waals surface area contributed by atoms with Gasteiger partial charge in [0.1, 0.15) is 17.3 Å². The second-order valence-corrected chi connectivity index (χ2v) is 12.1. The molecule has 4 atom stereocenters. The summed E-state index contributed by atoms with van der Waals surface area (Å²) in [4.78, 5) is 62.2. The molecule has 4 rings (SSSR count). The Morgan fingerprint density at radius 3 is 2.18 bits per heavy atom. The maximum atomic E-state index is 15.9. The maximum absolute atomic E-state index is 15.9. The number of hydrogen-bond donors (Lipinski definition) is 1. The maximum Gasteiger partial charge on any atom is 0.425 e. The summed E-state index contributed by atoms with van der Waals surface area (Å²) in [7, 11) is 0. The van der Waals surface area contributed by atoms with E-state index in [2.05, 4.69) is 15.0 Å². The number of hydrogen-bond acceptors (Lipinski definition) is 13. The number of imide groups is 1. The van der Waals surface area contributed by atoms with Crippen LogP contribution in [0.5, 0.6) is 0 Å². The molecule has 1 aliphatic rings. The second kappa shape index (κ2) is 12.5. The van der Waals surface area contributed by atoms with Crippen LogP contribution in [0.1, 0.15) is 58.1 Å². The second-order valence-electron chi connectivity index (χ2n) is 11.8. The van der Waals surface area contributed by atoms with Crippen molar-refractivity contribution in [1.82, 2.24) is 19.5 Å². The number of fused-ring (bicyclic) bond motifs is 1. The molecule has 2 amide bonds. The predicted octanol–water partition coefficient (Wildman–Crippen LogP) is 4.52. The summed E-state index contributed by atoms with van der Waals surface area (Å²) in [5, 5.41) is 20.3. The van der Waals surface area contributed by atoms with E-state index in [9.17, 15) is 29.6 Å². The van der Waals surface area contributed by atoms with Gasteiger partial charge in [-0.2, -0.15) is 14.9 Å². The topological polar surface area (TPSA) is 198 Å². The lowest BCUT2D eigenvalue weighted by Gasteiger charge is -2.28. The molecule has 0 aliphatic carbocycles. The van der Waals surface area contributed by atoms with Gasteiger partial charge in [-0.05, 0) is 65.3 Å². The van der Waals surface area contributed by atoms with E-state index >= 15 is 4.39 Å².